The Bertz CT molecular complexity index is 1380. The Hall–Kier alpha value is -3.37. The number of quaternary nitrogens is 1. The second kappa shape index (κ2) is 38.8. The Morgan fingerprint density at radius 3 is 1.56 bits per heavy atom. The predicted octanol–water partition coefficient (Wildman–Crippen LogP) is 10.7. The van der Waals surface area contributed by atoms with E-state index in [4.69, 9.17) is 18.5 Å². The van der Waals surface area contributed by atoms with Gasteiger partial charge in [0.15, 0.2) is 6.10 Å². The molecule has 0 aliphatic heterocycles. The lowest BCUT2D eigenvalue weighted by atomic mass is 10.1. The van der Waals surface area contributed by atoms with Crippen molar-refractivity contribution in [2.24, 2.45) is 0 Å². The average molecular weight is 844 g/mol. The van der Waals surface area contributed by atoms with E-state index in [0.29, 0.717) is 36.7 Å². The minimum atomic E-state index is -4.67. The van der Waals surface area contributed by atoms with Gasteiger partial charge in [0.05, 0.1) is 33.9 Å². The number of rotatable bonds is 37. The first kappa shape index (κ1) is 55.6. The molecule has 0 radical (unpaired) electrons. The highest BCUT2D eigenvalue weighted by atomic mass is 31.2. The Morgan fingerprint density at radius 2 is 1.08 bits per heavy atom. The number of hydrogen-bond donors (Lipinski definition) is 1. The number of esters is 2. The van der Waals surface area contributed by atoms with Gasteiger partial charge in [0.1, 0.15) is 19.8 Å². The lowest BCUT2D eigenvalue weighted by Gasteiger charge is -2.28. The molecule has 334 valence electrons. The first-order chi connectivity index (χ1) is 28.4. The third-order valence-corrected chi connectivity index (χ3v) is 9.31. The van der Waals surface area contributed by atoms with Crippen LogP contribution in [0.25, 0.3) is 0 Å². The monoisotopic (exact) mass is 844 g/mol. The normalized spacial score (nSPS) is 15.2. The zero-order chi connectivity index (χ0) is 43.7. The van der Waals surface area contributed by atoms with Crippen LogP contribution in [0.5, 0.6) is 0 Å². The maximum absolute atomic E-state index is 12.6. The van der Waals surface area contributed by atoms with Crippen molar-refractivity contribution >= 4 is 19.8 Å². The number of likely N-dealkylation sites (N-methyl/N-ethyl adjacent to an activating group) is 1. The number of carbonyl (C=O) groups is 2. The number of allylic oxidation sites excluding steroid dienone is 17. The second-order valence-electron chi connectivity index (χ2n) is 15.1. The van der Waals surface area contributed by atoms with E-state index in [-0.39, 0.29) is 32.2 Å². The van der Waals surface area contributed by atoms with Crippen LogP contribution < -0.4 is 4.89 Å². The molecular weight excluding hydrogens is 766 g/mol. The molecule has 0 saturated heterocycles. The smallest absolute Gasteiger partial charge is 0.306 e. The summed E-state index contributed by atoms with van der Waals surface area (Å²) >= 11 is 0. The van der Waals surface area contributed by atoms with Crippen molar-refractivity contribution in [3.63, 3.8) is 0 Å². The van der Waals surface area contributed by atoms with Gasteiger partial charge in [-0.25, -0.2) is 0 Å². The zero-order valence-electron chi connectivity index (χ0n) is 37.0. The van der Waals surface area contributed by atoms with E-state index in [9.17, 15) is 24.2 Å². The summed E-state index contributed by atoms with van der Waals surface area (Å²) in [4.78, 5) is 37.5. The molecule has 0 aromatic rings. The van der Waals surface area contributed by atoms with Crippen molar-refractivity contribution < 1.29 is 47.2 Å². The van der Waals surface area contributed by atoms with Crippen LogP contribution in [0.1, 0.15) is 123 Å². The molecule has 0 heterocycles. The molecule has 0 saturated carbocycles. The van der Waals surface area contributed by atoms with Gasteiger partial charge >= 0.3 is 11.9 Å². The van der Waals surface area contributed by atoms with E-state index in [1.165, 1.54) is 0 Å². The molecule has 0 aliphatic rings. The third-order valence-electron chi connectivity index (χ3n) is 8.35. The van der Waals surface area contributed by atoms with Crippen molar-refractivity contribution in [3.05, 3.63) is 109 Å². The fourth-order valence-electron chi connectivity index (χ4n) is 4.93. The Labute approximate surface area is 358 Å². The summed E-state index contributed by atoms with van der Waals surface area (Å²) in [5.41, 5.74) is 0. The van der Waals surface area contributed by atoms with Crippen LogP contribution >= 0.6 is 7.82 Å². The first-order valence-electron chi connectivity index (χ1n) is 21.7. The summed E-state index contributed by atoms with van der Waals surface area (Å²) < 4.78 is 33.7. The Morgan fingerprint density at radius 1 is 0.627 bits per heavy atom. The molecule has 0 bridgehead atoms. The van der Waals surface area contributed by atoms with Crippen molar-refractivity contribution in [2.45, 2.75) is 135 Å². The van der Waals surface area contributed by atoms with Crippen LogP contribution in [0.3, 0.4) is 0 Å². The zero-order valence-corrected chi connectivity index (χ0v) is 37.9. The average Bonchev–Trinajstić information content (AvgIpc) is 3.18. The summed E-state index contributed by atoms with van der Waals surface area (Å²) in [5.74, 6) is -1.01. The predicted molar refractivity (Wildman–Crippen MR) is 241 cm³/mol. The number of aliphatic hydroxyl groups excluding tert-OH is 1. The van der Waals surface area contributed by atoms with Crippen LogP contribution in [0.15, 0.2) is 109 Å². The van der Waals surface area contributed by atoms with Gasteiger partial charge in [-0.05, 0) is 83.5 Å². The maximum atomic E-state index is 12.6. The summed E-state index contributed by atoms with van der Waals surface area (Å²) in [6.45, 7) is 3.77. The molecule has 11 heteroatoms. The van der Waals surface area contributed by atoms with E-state index >= 15 is 0 Å². The quantitative estimate of drug-likeness (QED) is 0.0213. The molecular formula is C48H78NO9P. The van der Waals surface area contributed by atoms with Gasteiger partial charge in [0, 0.05) is 12.8 Å². The van der Waals surface area contributed by atoms with E-state index in [1.807, 2.05) is 51.5 Å². The number of hydrogen-bond acceptors (Lipinski definition) is 9. The van der Waals surface area contributed by atoms with Gasteiger partial charge in [-0.2, -0.15) is 0 Å². The van der Waals surface area contributed by atoms with Crippen LogP contribution in [0.4, 0.5) is 0 Å². The largest absolute Gasteiger partial charge is 0.756 e. The van der Waals surface area contributed by atoms with E-state index < -0.39 is 32.5 Å². The second-order valence-corrected chi connectivity index (χ2v) is 16.5. The molecule has 0 rings (SSSR count). The fraction of sp³-hybridized carbons (Fsp3) is 0.583. The van der Waals surface area contributed by atoms with Gasteiger partial charge in [0.2, 0.25) is 0 Å². The number of nitrogens with zero attached hydrogens (tertiary/aromatic N) is 1. The van der Waals surface area contributed by atoms with Gasteiger partial charge < -0.3 is 33.0 Å². The van der Waals surface area contributed by atoms with Crippen LogP contribution in [0.2, 0.25) is 0 Å². The van der Waals surface area contributed by atoms with E-state index in [1.54, 1.807) is 0 Å². The van der Waals surface area contributed by atoms with E-state index in [0.717, 1.165) is 70.6 Å². The lowest BCUT2D eigenvalue weighted by molar-refractivity contribution is -0.870. The lowest BCUT2D eigenvalue weighted by Crippen LogP contribution is -2.37. The molecule has 0 spiro atoms. The van der Waals surface area contributed by atoms with Crippen LogP contribution in [0, 0.1) is 0 Å². The molecule has 10 nitrogen and oxygen atoms in total. The number of phosphoric ester groups is 1. The van der Waals surface area contributed by atoms with Gasteiger partial charge in [0.25, 0.3) is 7.82 Å². The molecule has 0 aromatic carbocycles. The molecule has 0 fully saturated rings. The van der Waals surface area contributed by atoms with Crippen LogP contribution in [-0.4, -0.2) is 81.2 Å². The van der Waals surface area contributed by atoms with Crippen molar-refractivity contribution in [1.82, 2.24) is 0 Å². The van der Waals surface area contributed by atoms with Crippen molar-refractivity contribution in [2.75, 3.05) is 47.5 Å². The fourth-order valence-corrected chi connectivity index (χ4v) is 5.66. The number of phosphoric acid groups is 1. The van der Waals surface area contributed by atoms with Gasteiger partial charge in [-0.15, -0.1) is 0 Å². The molecule has 59 heavy (non-hydrogen) atoms. The SMILES string of the molecule is CC/C=C\C/C=C\C/C=C\C/C=C\C/C=C\CCCC(=O)O[C@H](COC(=O)CCC/C=C\C/C=C\C/C=C\C/C=C\[C@@H](O)CCCC)COP(=O)([O-])OCC[N+](C)(C)C. The summed E-state index contributed by atoms with van der Waals surface area (Å²) in [6.07, 6.45) is 49.0. The van der Waals surface area contributed by atoms with Crippen LogP contribution in [-0.2, 0) is 32.7 Å². The molecule has 1 unspecified atom stereocenters. The molecule has 0 aliphatic carbocycles. The third kappa shape index (κ3) is 42.6. The maximum Gasteiger partial charge on any atom is 0.306 e. The van der Waals surface area contributed by atoms with Gasteiger partial charge in [-0.3, -0.25) is 14.2 Å². The number of carbonyl (C=O) groups excluding carboxylic acids is 2. The number of aliphatic hydroxyl groups is 1. The summed E-state index contributed by atoms with van der Waals surface area (Å²) in [5, 5.41) is 9.82. The molecule has 1 N–H and O–H groups in total. The molecule has 3 atom stereocenters. The van der Waals surface area contributed by atoms with E-state index in [2.05, 4.69) is 92.8 Å². The highest BCUT2D eigenvalue weighted by Crippen LogP contribution is 2.38. The number of ether oxygens (including phenoxy) is 2. The minimum Gasteiger partial charge on any atom is -0.756 e. The number of unbranched alkanes of at least 4 members (excludes halogenated alkanes) is 3. The topological polar surface area (TPSA) is 131 Å². The molecule has 0 aromatic heterocycles. The summed E-state index contributed by atoms with van der Waals surface area (Å²) in [6, 6.07) is 0. The molecule has 0 amide bonds. The standard InChI is InChI=1S/C48H78NO9P/c1-6-8-10-11-12-13-14-15-16-17-18-19-24-27-30-33-36-40-48(52)58-46(44-57-59(53,54)56-42-41-49(3,4)5)43-55-47(51)39-35-32-29-26-23-21-20-22-25-28-31-34-38-45(50)37-9-7-2/h8,10,12-13,15-16,18-21,25-30,34,38,45-46,50H,6-7,9,11,14,17,22-24,31-33,35-37,39-44H2,1-5H3/b10-8-,13-12-,16-15-,19-18-,21-20-,28-25-,29-26-,30-27-,38-34-/t45-,46+/m0/s1. The van der Waals surface area contributed by atoms with Gasteiger partial charge in [-0.1, -0.05) is 136 Å². The summed E-state index contributed by atoms with van der Waals surface area (Å²) in [7, 11) is 1.05. The highest BCUT2D eigenvalue weighted by molar-refractivity contribution is 7.45. The Balaban J connectivity index is 4.61. The highest BCUT2D eigenvalue weighted by Gasteiger charge is 2.21. The Kier molecular flexibility index (Phi) is 36.6. The van der Waals surface area contributed by atoms with Crippen molar-refractivity contribution in [1.29, 1.82) is 0 Å². The minimum absolute atomic E-state index is 0.0635. The van der Waals surface area contributed by atoms with Crippen molar-refractivity contribution in [3.8, 4) is 0 Å². The first-order valence-corrected chi connectivity index (χ1v) is 23.1.